The fourth-order valence-electron chi connectivity index (χ4n) is 3.21. The molecule has 1 aromatic rings. The third kappa shape index (κ3) is 5.63. The van der Waals surface area contributed by atoms with E-state index in [0.717, 1.165) is 53.2 Å². The lowest BCUT2D eigenvalue weighted by Gasteiger charge is -2.27. The maximum absolute atomic E-state index is 5.48. The van der Waals surface area contributed by atoms with Gasteiger partial charge in [-0.05, 0) is 58.8 Å². The standard InChI is InChI=1S/C18H26BrN3O3.HI/c1-20-18(22(2)6-3-13-4-7-23-8-5-13)21-11-14-9-15(19)17-16(10-14)24-12-25-17;/h9-10,13H,3-8,11-12H2,1-2H3,(H,20,21);1H. The second-order valence-electron chi connectivity index (χ2n) is 6.48. The highest BCUT2D eigenvalue weighted by Crippen LogP contribution is 2.39. The molecule has 3 rings (SSSR count). The van der Waals surface area contributed by atoms with Gasteiger partial charge < -0.3 is 24.4 Å². The number of guanidine groups is 1. The van der Waals surface area contributed by atoms with Gasteiger partial charge in [0.25, 0.3) is 0 Å². The first-order chi connectivity index (χ1) is 12.2. The normalized spacial score (nSPS) is 17.0. The van der Waals surface area contributed by atoms with Crippen LogP contribution >= 0.6 is 39.9 Å². The molecule has 0 aliphatic carbocycles. The molecule has 0 saturated carbocycles. The van der Waals surface area contributed by atoms with E-state index in [9.17, 15) is 0 Å². The van der Waals surface area contributed by atoms with Gasteiger partial charge in [0.15, 0.2) is 17.5 Å². The number of hydrogen-bond acceptors (Lipinski definition) is 4. The molecule has 0 amide bonds. The first kappa shape index (κ1) is 21.6. The molecular weight excluding hydrogens is 513 g/mol. The summed E-state index contributed by atoms with van der Waals surface area (Å²) in [5.41, 5.74) is 1.12. The predicted octanol–water partition coefficient (Wildman–Crippen LogP) is 3.62. The van der Waals surface area contributed by atoms with Crippen LogP contribution in [-0.4, -0.2) is 51.5 Å². The van der Waals surface area contributed by atoms with Gasteiger partial charge in [0.05, 0.1) is 4.47 Å². The summed E-state index contributed by atoms with van der Waals surface area (Å²) in [4.78, 5) is 6.59. The molecule has 0 atom stereocenters. The van der Waals surface area contributed by atoms with Crippen LogP contribution < -0.4 is 14.8 Å². The van der Waals surface area contributed by atoms with Crippen LogP contribution in [0.15, 0.2) is 21.6 Å². The van der Waals surface area contributed by atoms with Crippen molar-refractivity contribution in [2.75, 3.05) is 40.6 Å². The largest absolute Gasteiger partial charge is 0.454 e. The van der Waals surface area contributed by atoms with E-state index in [4.69, 9.17) is 14.2 Å². The molecule has 1 aromatic carbocycles. The Bertz CT molecular complexity index is 624. The van der Waals surface area contributed by atoms with Crippen LogP contribution in [0.4, 0.5) is 0 Å². The molecule has 1 fully saturated rings. The van der Waals surface area contributed by atoms with Crippen LogP contribution in [0.5, 0.6) is 11.5 Å². The number of nitrogens with one attached hydrogen (secondary N) is 1. The molecule has 1 saturated heterocycles. The summed E-state index contributed by atoms with van der Waals surface area (Å²) in [5.74, 6) is 3.23. The van der Waals surface area contributed by atoms with Crippen LogP contribution in [0.2, 0.25) is 0 Å². The molecule has 0 radical (unpaired) electrons. The van der Waals surface area contributed by atoms with Crippen molar-refractivity contribution in [2.24, 2.45) is 10.9 Å². The number of fused-ring (bicyclic) bond motifs is 1. The van der Waals surface area contributed by atoms with Gasteiger partial charge >= 0.3 is 0 Å². The van der Waals surface area contributed by atoms with E-state index >= 15 is 0 Å². The van der Waals surface area contributed by atoms with Gasteiger partial charge in [0.1, 0.15) is 0 Å². The van der Waals surface area contributed by atoms with Gasteiger partial charge in [0.2, 0.25) is 6.79 Å². The quantitative estimate of drug-likeness (QED) is 0.352. The molecule has 0 spiro atoms. The van der Waals surface area contributed by atoms with Crippen molar-refractivity contribution in [3.63, 3.8) is 0 Å². The third-order valence-corrected chi connectivity index (χ3v) is 5.31. The van der Waals surface area contributed by atoms with Crippen molar-refractivity contribution in [1.29, 1.82) is 0 Å². The summed E-state index contributed by atoms with van der Waals surface area (Å²) in [6.07, 6.45) is 3.52. The average Bonchev–Trinajstić information content (AvgIpc) is 3.10. The molecule has 2 aliphatic rings. The fraction of sp³-hybridized carbons (Fsp3) is 0.611. The SMILES string of the molecule is CN=C(NCc1cc(Br)c2c(c1)OCO2)N(C)CCC1CCOCC1.I. The van der Waals surface area contributed by atoms with E-state index in [1.165, 1.54) is 19.3 Å². The van der Waals surface area contributed by atoms with Crippen LogP contribution in [0.3, 0.4) is 0 Å². The first-order valence-electron chi connectivity index (χ1n) is 8.75. The van der Waals surface area contributed by atoms with Gasteiger partial charge in [-0.25, -0.2) is 0 Å². The molecule has 2 aliphatic heterocycles. The lowest BCUT2D eigenvalue weighted by Crippen LogP contribution is -2.39. The van der Waals surface area contributed by atoms with Crippen molar-refractivity contribution in [2.45, 2.75) is 25.8 Å². The van der Waals surface area contributed by atoms with Crippen LogP contribution in [0.25, 0.3) is 0 Å². The van der Waals surface area contributed by atoms with Crippen LogP contribution in [-0.2, 0) is 11.3 Å². The number of hydrogen-bond donors (Lipinski definition) is 1. The minimum atomic E-state index is 0. The van der Waals surface area contributed by atoms with Crippen molar-refractivity contribution in [1.82, 2.24) is 10.2 Å². The Morgan fingerprint density at radius 2 is 2.08 bits per heavy atom. The van der Waals surface area contributed by atoms with Gasteiger partial charge in [0, 0.05) is 40.4 Å². The van der Waals surface area contributed by atoms with E-state index < -0.39 is 0 Å². The Balaban J connectivity index is 0.00000243. The van der Waals surface area contributed by atoms with E-state index in [0.29, 0.717) is 6.54 Å². The van der Waals surface area contributed by atoms with E-state index in [1.54, 1.807) is 0 Å². The lowest BCUT2D eigenvalue weighted by atomic mass is 9.96. The lowest BCUT2D eigenvalue weighted by molar-refractivity contribution is 0.0625. The Labute approximate surface area is 180 Å². The number of nitrogens with zero attached hydrogens (tertiary/aromatic N) is 2. The zero-order valence-corrected chi connectivity index (χ0v) is 19.2. The highest BCUT2D eigenvalue weighted by atomic mass is 127. The zero-order valence-electron chi connectivity index (χ0n) is 15.3. The summed E-state index contributed by atoms with van der Waals surface area (Å²) in [6, 6.07) is 4.06. The number of halogens is 2. The first-order valence-corrected chi connectivity index (χ1v) is 9.54. The number of aliphatic imine (C=N–C) groups is 1. The summed E-state index contributed by atoms with van der Waals surface area (Å²) in [5, 5.41) is 3.43. The summed E-state index contributed by atoms with van der Waals surface area (Å²) >= 11 is 3.54. The summed E-state index contributed by atoms with van der Waals surface area (Å²) in [7, 11) is 3.91. The van der Waals surface area contributed by atoms with E-state index in [-0.39, 0.29) is 30.8 Å². The van der Waals surface area contributed by atoms with Crippen molar-refractivity contribution >= 4 is 45.9 Å². The van der Waals surface area contributed by atoms with Crippen molar-refractivity contribution in [3.05, 3.63) is 22.2 Å². The summed E-state index contributed by atoms with van der Waals surface area (Å²) < 4.78 is 17.3. The van der Waals surface area contributed by atoms with Gasteiger partial charge in [-0.2, -0.15) is 0 Å². The Hall–Kier alpha value is -0.740. The maximum Gasteiger partial charge on any atom is 0.231 e. The average molecular weight is 540 g/mol. The monoisotopic (exact) mass is 539 g/mol. The number of rotatable bonds is 5. The molecule has 0 aromatic heterocycles. The van der Waals surface area contributed by atoms with Crippen molar-refractivity contribution in [3.8, 4) is 11.5 Å². The van der Waals surface area contributed by atoms with Crippen molar-refractivity contribution < 1.29 is 14.2 Å². The molecule has 6 nitrogen and oxygen atoms in total. The molecule has 0 bridgehead atoms. The maximum atomic E-state index is 5.48. The van der Waals surface area contributed by atoms with Gasteiger partial charge in [-0.15, -0.1) is 24.0 Å². The van der Waals surface area contributed by atoms with E-state index in [2.05, 4.69) is 44.3 Å². The predicted molar refractivity (Wildman–Crippen MR) is 117 cm³/mol. The molecule has 26 heavy (non-hydrogen) atoms. The highest BCUT2D eigenvalue weighted by Gasteiger charge is 2.19. The molecule has 146 valence electrons. The van der Waals surface area contributed by atoms with Crippen LogP contribution in [0, 0.1) is 5.92 Å². The second-order valence-corrected chi connectivity index (χ2v) is 7.33. The Morgan fingerprint density at radius 1 is 1.31 bits per heavy atom. The fourth-order valence-corrected chi connectivity index (χ4v) is 3.81. The third-order valence-electron chi connectivity index (χ3n) is 4.72. The van der Waals surface area contributed by atoms with E-state index in [1.807, 2.05) is 13.1 Å². The number of ether oxygens (including phenoxy) is 3. The minimum absolute atomic E-state index is 0. The Morgan fingerprint density at radius 3 is 2.81 bits per heavy atom. The molecule has 0 unspecified atom stereocenters. The smallest absolute Gasteiger partial charge is 0.231 e. The Kier molecular flexibility index (Phi) is 8.75. The highest BCUT2D eigenvalue weighted by molar-refractivity contribution is 14.0. The molecular formula is C18H27BrIN3O3. The molecule has 1 N–H and O–H groups in total. The van der Waals surface area contributed by atoms with Crippen LogP contribution in [0.1, 0.15) is 24.8 Å². The zero-order chi connectivity index (χ0) is 17.6. The topological polar surface area (TPSA) is 55.3 Å². The van der Waals surface area contributed by atoms with Gasteiger partial charge in [-0.3, -0.25) is 4.99 Å². The molecule has 8 heteroatoms. The molecule has 2 heterocycles. The second kappa shape index (κ2) is 10.6. The van der Waals surface area contributed by atoms with Gasteiger partial charge in [-0.1, -0.05) is 0 Å². The summed E-state index contributed by atoms with van der Waals surface area (Å²) in [6.45, 7) is 3.76. The number of benzene rings is 1. The minimum Gasteiger partial charge on any atom is -0.454 e.